The maximum atomic E-state index is 12.2. The monoisotopic (exact) mass is 319 g/mol. The van der Waals surface area contributed by atoms with Crippen LogP contribution in [0.2, 0.25) is 5.02 Å². The SMILES string of the molecule is CCOC(=O)[C@H](C)CNS(=O)(=O)c1cccc(Cl)c1C. The van der Waals surface area contributed by atoms with Gasteiger partial charge in [0.05, 0.1) is 17.4 Å². The van der Waals surface area contributed by atoms with Gasteiger partial charge in [-0.3, -0.25) is 4.79 Å². The number of ether oxygens (including phenoxy) is 1. The fourth-order valence-electron chi connectivity index (χ4n) is 1.56. The second kappa shape index (κ2) is 7.06. The Balaban J connectivity index is 2.81. The molecule has 0 aliphatic heterocycles. The molecule has 0 heterocycles. The summed E-state index contributed by atoms with van der Waals surface area (Å²) in [5, 5.41) is 0.381. The van der Waals surface area contributed by atoms with Gasteiger partial charge in [0.25, 0.3) is 0 Å². The van der Waals surface area contributed by atoms with Crippen LogP contribution in [0.1, 0.15) is 19.4 Å². The Kier molecular flexibility index (Phi) is 5.98. The maximum absolute atomic E-state index is 12.2. The molecule has 1 N–H and O–H groups in total. The Morgan fingerprint density at radius 3 is 2.70 bits per heavy atom. The van der Waals surface area contributed by atoms with Gasteiger partial charge < -0.3 is 4.74 Å². The number of carbonyl (C=O) groups excluding carboxylic acids is 1. The first-order valence-corrected chi connectivity index (χ1v) is 8.07. The van der Waals surface area contributed by atoms with Crippen molar-refractivity contribution in [2.45, 2.75) is 25.7 Å². The second-order valence-corrected chi connectivity index (χ2v) is 6.51. The van der Waals surface area contributed by atoms with Crippen LogP contribution in [0.25, 0.3) is 0 Å². The molecule has 0 unspecified atom stereocenters. The van der Waals surface area contributed by atoms with Gasteiger partial charge in [-0.05, 0) is 31.5 Å². The van der Waals surface area contributed by atoms with Crippen molar-refractivity contribution in [3.8, 4) is 0 Å². The first-order chi connectivity index (χ1) is 9.29. The molecule has 0 saturated heterocycles. The molecule has 1 atom stereocenters. The minimum absolute atomic E-state index is 0.0207. The van der Waals surface area contributed by atoms with Crippen molar-refractivity contribution in [3.63, 3.8) is 0 Å². The number of benzene rings is 1. The van der Waals surface area contributed by atoms with E-state index in [9.17, 15) is 13.2 Å². The highest BCUT2D eigenvalue weighted by atomic mass is 35.5. The molecule has 0 radical (unpaired) electrons. The molecule has 0 amide bonds. The lowest BCUT2D eigenvalue weighted by Crippen LogP contribution is -2.32. The standard InChI is InChI=1S/C13H18ClNO4S/c1-4-19-13(16)9(2)8-15-20(17,18)12-7-5-6-11(14)10(12)3/h5-7,9,15H,4,8H2,1-3H3/t9-/m1/s1. The van der Waals surface area contributed by atoms with Crippen molar-refractivity contribution < 1.29 is 17.9 Å². The molecular formula is C13H18ClNO4S. The second-order valence-electron chi connectivity index (χ2n) is 4.37. The number of hydrogen-bond donors (Lipinski definition) is 1. The highest BCUT2D eigenvalue weighted by Crippen LogP contribution is 2.22. The molecule has 112 valence electrons. The summed E-state index contributed by atoms with van der Waals surface area (Å²) in [6.45, 7) is 5.18. The molecule has 5 nitrogen and oxygen atoms in total. The third-order valence-electron chi connectivity index (χ3n) is 2.78. The van der Waals surface area contributed by atoms with E-state index in [1.54, 1.807) is 32.9 Å². The summed E-state index contributed by atoms with van der Waals surface area (Å²) in [6, 6.07) is 4.66. The van der Waals surface area contributed by atoms with Crippen molar-refractivity contribution in [1.82, 2.24) is 4.72 Å². The summed E-state index contributed by atoms with van der Waals surface area (Å²) >= 11 is 5.91. The van der Waals surface area contributed by atoms with E-state index in [1.165, 1.54) is 6.07 Å². The number of halogens is 1. The molecule has 0 spiro atoms. The van der Waals surface area contributed by atoms with Gasteiger partial charge in [0.2, 0.25) is 10.0 Å². The third kappa shape index (κ3) is 4.19. The van der Waals surface area contributed by atoms with E-state index in [2.05, 4.69) is 4.72 Å². The fourth-order valence-corrected chi connectivity index (χ4v) is 3.19. The number of rotatable bonds is 6. The van der Waals surface area contributed by atoms with Gasteiger partial charge in [-0.2, -0.15) is 0 Å². The highest BCUT2D eigenvalue weighted by Gasteiger charge is 2.21. The van der Waals surface area contributed by atoms with E-state index in [-0.39, 0.29) is 18.0 Å². The number of esters is 1. The van der Waals surface area contributed by atoms with Gasteiger partial charge in [0.15, 0.2) is 0 Å². The van der Waals surface area contributed by atoms with Crippen LogP contribution in [0, 0.1) is 12.8 Å². The predicted molar refractivity (Wildman–Crippen MR) is 77.2 cm³/mol. The predicted octanol–water partition coefficient (Wildman–Crippen LogP) is 2.13. The summed E-state index contributed by atoms with van der Waals surface area (Å²) in [7, 11) is -3.70. The van der Waals surface area contributed by atoms with Crippen LogP contribution < -0.4 is 4.72 Å². The Morgan fingerprint density at radius 2 is 2.10 bits per heavy atom. The average Bonchev–Trinajstić information content (AvgIpc) is 2.39. The Morgan fingerprint density at radius 1 is 1.45 bits per heavy atom. The topological polar surface area (TPSA) is 72.5 Å². The van der Waals surface area contributed by atoms with Crippen molar-refractivity contribution in [1.29, 1.82) is 0 Å². The summed E-state index contributed by atoms with van der Waals surface area (Å²) in [6.07, 6.45) is 0. The molecule has 0 aliphatic carbocycles. The summed E-state index contributed by atoms with van der Waals surface area (Å²) < 4.78 is 31.6. The lowest BCUT2D eigenvalue weighted by Gasteiger charge is -2.13. The van der Waals surface area contributed by atoms with E-state index in [0.717, 1.165) is 0 Å². The molecular weight excluding hydrogens is 302 g/mol. The first-order valence-electron chi connectivity index (χ1n) is 6.21. The van der Waals surface area contributed by atoms with E-state index in [1.807, 2.05) is 0 Å². The largest absolute Gasteiger partial charge is 0.466 e. The maximum Gasteiger partial charge on any atom is 0.309 e. The normalized spacial score (nSPS) is 13.0. The van der Waals surface area contributed by atoms with Crippen LogP contribution in [-0.4, -0.2) is 27.5 Å². The minimum atomic E-state index is -3.70. The Hall–Kier alpha value is -1.11. The minimum Gasteiger partial charge on any atom is -0.466 e. The quantitative estimate of drug-likeness (QED) is 0.815. The Labute approximate surface area is 124 Å². The molecule has 1 aromatic carbocycles. The molecule has 0 bridgehead atoms. The van der Waals surface area contributed by atoms with Crippen molar-refractivity contribution >= 4 is 27.6 Å². The Bertz CT molecular complexity index is 586. The van der Waals surface area contributed by atoms with Gasteiger partial charge in [0.1, 0.15) is 0 Å². The molecule has 7 heteroatoms. The molecule has 0 aliphatic rings. The summed E-state index contributed by atoms with van der Waals surface area (Å²) in [4.78, 5) is 11.6. The average molecular weight is 320 g/mol. The first kappa shape index (κ1) is 16.9. The van der Waals surface area contributed by atoms with Crippen LogP contribution in [0.5, 0.6) is 0 Å². The van der Waals surface area contributed by atoms with Crippen molar-refractivity contribution in [3.05, 3.63) is 28.8 Å². The van der Waals surface area contributed by atoms with E-state index >= 15 is 0 Å². The van der Waals surface area contributed by atoms with Crippen LogP contribution in [0.4, 0.5) is 0 Å². The lowest BCUT2D eigenvalue weighted by molar-refractivity contribution is -0.147. The third-order valence-corrected chi connectivity index (χ3v) is 4.75. The number of sulfonamides is 1. The molecule has 1 aromatic rings. The van der Waals surface area contributed by atoms with Crippen molar-refractivity contribution in [2.75, 3.05) is 13.2 Å². The van der Waals surface area contributed by atoms with Crippen LogP contribution in [-0.2, 0) is 19.6 Å². The number of nitrogens with one attached hydrogen (secondary N) is 1. The number of carbonyl (C=O) groups is 1. The summed E-state index contributed by atoms with van der Waals surface area (Å²) in [5.74, 6) is -0.984. The molecule has 0 saturated carbocycles. The van der Waals surface area contributed by atoms with Gasteiger partial charge >= 0.3 is 5.97 Å². The van der Waals surface area contributed by atoms with Gasteiger partial charge in [0, 0.05) is 11.6 Å². The van der Waals surface area contributed by atoms with Crippen molar-refractivity contribution in [2.24, 2.45) is 5.92 Å². The van der Waals surface area contributed by atoms with E-state index in [4.69, 9.17) is 16.3 Å². The van der Waals surface area contributed by atoms with Crippen LogP contribution >= 0.6 is 11.6 Å². The van der Waals surface area contributed by atoms with Crippen LogP contribution in [0.3, 0.4) is 0 Å². The van der Waals surface area contributed by atoms with Gasteiger partial charge in [-0.15, -0.1) is 0 Å². The molecule has 20 heavy (non-hydrogen) atoms. The lowest BCUT2D eigenvalue weighted by atomic mass is 10.2. The zero-order valence-corrected chi connectivity index (χ0v) is 13.2. The smallest absolute Gasteiger partial charge is 0.309 e. The fraction of sp³-hybridized carbons (Fsp3) is 0.462. The zero-order chi connectivity index (χ0) is 15.3. The summed E-state index contributed by atoms with van der Waals surface area (Å²) in [5.41, 5.74) is 0.477. The highest BCUT2D eigenvalue weighted by molar-refractivity contribution is 7.89. The zero-order valence-electron chi connectivity index (χ0n) is 11.6. The molecule has 0 fully saturated rings. The molecule has 1 rings (SSSR count). The van der Waals surface area contributed by atoms with Gasteiger partial charge in [-0.25, -0.2) is 13.1 Å². The molecule has 0 aromatic heterocycles. The van der Waals surface area contributed by atoms with Gasteiger partial charge in [-0.1, -0.05) is 24.6 Å². The van der Waals surface area contributed by atoms with E-state index < -0.39 is 21.9 Å². The van der Waals surface area contributed by atoms with E-state index in [0.29, 0.717) is 10.6 Å². The number of hydrogen-bond acceptors (Lipinski definition) is 4. The van der Waals surface area contributed by atoms with Crippen LogP contribution in [0.15, 0.2) is 23.1 Å².